The number of nitrogens with zero attached hydrogens (tertiary/aromatic N) is 3. The van der Waals surface area contributed by atoms with Crippen molar-refractivity contribution in [2.24, 2.45) is 0 Å². The van der Waals surface area contributed by atoms with Crippen molar-refractivity contribution in [2.45, 2.75) is 52.4 Å². The van der Waals surface area contributed by atoms with Gasteiger partial charge in [0.25, 0.3) is 6.71 Å². The molecule has 0 bridgehead atoms. The second kappa shape index (κ2) is 20.3. The smallest absolute Gasteiger partial charge is 0.252 e. The Labute approximate surface area is 501 Å². The number of anilines is 6. The number of benzene rings is 12. The fraction of sp³-hybridized carbons (Fsp3) is 0.100. The summed E-state index contributed by atoms with van der Waals surface area (Å²) in [7, 11) is -3.02. The molecule has 0 N–H and O–H groups in total. The van der Waals surface area contributed by atoms with E-state index in [9.17, 15) is 0 Å². The van der Waals surface area contributed by atoms with Gasteiger partial charge in [-0.2, -0.15) is 0 Å². The Morgan fingerprint density at radius 1 is 0.306 bits per heavy atom. The summed E-state index contributed by atoms with van der Waals surface area (Å²) in [6.07, 6.45) is 0. The van der Waals surface area contributed by atoms with Gasteiger partial charge in [-0.25, -0.2) is 0 Å². The lowest BCUT2D eigenvalue weighted by Gasteiger charge is -2.45. The molecule has 15 rings (SSSR count). The van der Waals surface area contributed by atoms with Crippen molar-refractivity contribution in [1.82, 2.24) is 4.57 Å². The van der Waals surface area contributed by atoms with Gasteiger partial charge in [0.1, 0.15) is 0 Å². The van der Waals surface area contributed by atoms with Gasteiger partial charge in [-0.3, -0.25) is 0 Å². The fourth-order valence-corrected chi connectivity index (χ4v) is 19.0. The summed E-state index contributed by atoms with van der Waals surface area (Å²) in [5, 5.41) is 7.95. The average molecular weight is 1110 g/mol. The number of aromatic nitrogens is 1. The van der Waals surface area contributed by atoms with Crippen molar-refractivity contribution < 1.29 is 0 Å². The van der Waals surface area contributed by atoms with E-state index in [1.807, 2.05) is 0 Å². The molecule has 0 unspecified atom stereocenters. The minimum Gasteiger partial charge on any atom is -0.311 e. The van der Waals surface area contributed by atoms with Crippen molar-refractivity contribution in [3.8, 4) is 27.9 Å². The monoisotopic (exact) mass is 1110 g/mol. The van der Waals surface area contributed by atoms with Crippen LogP contribution in [0.1, 0.15) is 52.7 Å². The normalized spacial score (nSPS) is 13.0. The molecule has 1 aromatic heterocycles. The molecule has 0 fully saturated rings. The molecule has 0 radical (unpaired) electrons. The largest absolute Gasteiger partial charge is 0.311 e. The minimum absolute atomic E-state index is 0.0181. The zero-order valence-electron chi connectivity index (χ0n) is 49.1. The first kappa shape index (κ1) is 52.1. The Balaban J connectivity index is 1.06. The molecule has 3 nitrogen and oxygen atoms in total. The highest BCUT2D eigenvalue weighted by atomic mass is 28.3. The minimum atomic E-state index is -3.02. The van der Waals surface area contributed by atoms with E-state index in [1.54, 1.807) is 0 Å². The van der Waals surface area contributed by atoms with Crippen LogP contribution in [0.15, 0.2) is 291 Å². The maximum atomic E-state index is 2.65. The quantitative estimate of drug-likeness (QED) is 0.105. The zero-order chi connectivity index (χ0) is 57.6. The molecule has 12 aromatic carbocycles. The van der Waals surface area contributed by atoms with Crippen LogP contribution in [0.5, 0.6) is 0 Å². The van der Waals surface area contributed by atoms with E-state index in [0.29, 0.717) is 0 Å². The molecule has 3 heterocycles. The van der Waals surface area contributed by atoms with E-state index in [-0.39, 0.29) is 17.5 Å². The van der Waals surface area contributed by atoms with E-state index in [0.717, 1.165) is 22.7 Å². The molecular weight excluding hydrogens is 1040 g/mol. The van der Waals surface area contributed by atoms with Crippen molar-refractivity contribution in [1.29, 1.82) is 0 Å². The lowest BCUT2D eigenvalue weighted by molar-refractivity contribution is 0.590. The van der Waals surface area contributed by atoms with E-state index in [1.165, 1.54) is 109 Å². The third-order valence-electron chi connectivity index (χ3n) is 18.2. The average Bonchev–Trinajstić information content (AvgIpc) is 1.10. The molecule has 0 saturated heterocycles. The Bertz CT molecular complexity index is 4510. The summed E-state index contributed by atoms with van der Waals surface area (Å²) in [5.41, 5.74) is 21.6. The first-order valence-electron chi connectivity index (χ1n) is 30.0. The molecule has 5 heteroatoms. The van der Waals surface area contributed by atoms with Gasteiger partial charge in [0, 0.05) is 50.3 Å². The van der Waals surface area contributed by atoms with E-state index in [2.05, 4.69) is 347 Å². The fourth-order valence-electron chi connectivity index (χ4n) is 14.2. The molecule has 2 aliphatic rings. The highest BCUT2D eigenvalue weighted by Gasteiger charge is 2.47. The van der Waals surface area contributed by atoms with Gasteiger partial charge >= 0.3 is 0 Å². The van der Waals surface area contributed by atoms with Gasteiger partial charge in [0.05, 0.1) is 22.4 Å². The van der Waals surface area contributed by atoms with Gasteiger partial charge in [-0.15, -0.1) is 0 Å². The Morgan fingerprint density at radius 2 is 0.729 bits per heavy atom. The maximum Gasteiger partial charge on any atom is 0.252 e. The van der Waals surface area contributed by atoms with E-state index < -0.39 is 8.07 Å². The van der Waals surface area contributed by atoms with Crippen LogP contribution in [0.4, 0.5) is 34.1 Å². The molecule has 408 valence electrons. The van der Waals surface area contributed by atoms with Crippen LogP contribution >= 0.6 is 0 Å². The Kier molecular flexibility index (Phi) is 12.4. The highest BCUT2D eigenvalue weighted by Crippen LogP contribution is 2.49. The molecule has 0 amide bonds. The van der Waals surface area contributed by atoms with Crippen molar-refractivity contribution in [3.05, 3.63) is 302 Å². The molecule has 0 aliphatic carbocycles. The number of rotatable bonds is 9. The lowest BCUT2D eigenvalue weighted by atomic mass is 9.33. The Morgan fingerprint density at radius 3 is 1.20 bits per heavy atom. The second-order valence-electron chi connectivity index (χ2n) is 25.2. The van der Waals surface area contributed by atoms with Crippen LogP contribution in [0.2, 0.25) is 0 Å². The summed E-state index contributed by atoms with van der Waals surface area (Å²) in [6.45, 7) is 13.8. The summed E-state index contributed by atoms with van der Waals surface area (Å²) >= 11 is 0. The first-order valence-corrected chi connectivity index (χ1v) is 32.0. The Hall–Kier alpha value is -9.68. The number of fused-ring (bicyclic) bond motifs is 7. The first-order chi connectivity index (χ1) is 41.5. The van der Waals surface area contributed by atoms with Crippen LogP contribution < -0.4 is 46.9 Å². The molecule has 85 heavy (non-hydrogen) atoms. The van der Waals surface area contributed by atoms with Gasteiger partial charge in [-0.05, 0) is 137 Å². The van der Waals surface area contributed by atoms with Gasteiger partial charge in [0.2, 0.25) is 0 Å². The number of hydrogen-bond donors (Lipinski definition) is 0. The molecule has 0 saturated carbocycles. The van der Waals surface area contributed by atoms with Crippen molar-refractivity contribution in [3.63, 3.8) is 0 Å². The van der Waals surface area contributed by atoms with E-state index >= 15 is 0 Å². The van der Waals surface area contributed by atoms with Crippen LogP contribution in [-0.2, 0) is 10.8 Å². The van der Waals surface area contributed by atoms with Crippen molar-refractivity contribution in [2.75, 3.05) is 9.80 Å². The van der Waals surface area contributed by atoms with Crippen LogP contribution in [0, 0.1) is 0 Å². The SMILES string of the molecule is CC(C)(C)c1ccc2c(c1)c1cc(C(C)(C)C)ccc1n2-c1ccc2c(c1)N(c1ccccc1-c1ccccc1)c1cccc3c1B2c1cc([Si](c2ccccc2)(c2ccccc2)c2ccccc2)ccc1N3c1ccccc1-c1ccccc1. The summed E-state index contributed by atoms with van der Waals surface area (Å²) < 4.78 is 2.53. The standard InChI is InChI=1S/C80H66BN3Si/c1-79(2,3)57-43-48-72-66(51-57)67-52-58(80(4,5)6)44-49-73(67)82(72)59-45-47-68-77(53-59)84(71-40-25-23-38-65(71)56-29-14-8-15-30-56)76-42-26-41-75-78(76)81(68)69-54-63(46-50-74(69)83(75)70-39-24-22-37-64(70)55-27-12-7-13-28-55)85(60-31-16-9-17-32-60,61-33-18-10-19-34-61)62-35-20-11-21-36-62/h7-54H,1-6H3. The van der Waals surface area contributed by atoms with Crippen molar-refractivity contribution >= 4 is 108 Å². The van der Waals surface area contributed by atoms with Gasteiger partial charge < -0.3 is 14.4 Å². The molecule has 0 atom stereocenters. The lowest BCUT2D eigenvalue weighted by Crippen LogP contribution is -2.75. The highest BCUT2D eigenvalue weighted by molar-refractivity contribution is 7.20. The predicted molar refractivity (Wildman–Crippen MR) is 367 cm³/mol. The predicted octanol–water partition coefficient (Wildman–Crippen LogP) is 16.2. The molecular formula is C80H66BN3Si. The molecule has 0 spiro atoms. The van der Waals surface area contributed by atoms with E-state index in [4.69, 9.17) is 0 Å². The summed E-state index contributed by atoms with van der Waals surface area (Å²) in [4.78, 5) is 5.19. The van der Waals surface area contributed by atoms with Gasteiger partial charge in [0.15, 0.2) is 8.07 Å². The third-order valence-corrected chi connectivity index (χ3v) is 23.0. The summed E-state index contributed by atoms with van der Waals surface area (Å²) in [5.74, 6) is 0. The zero-order valence-corrected chi connectivity index (χ0v) is 50.1. The van der Waals surface area contributed by atoms with Crippen LogP contribution in [0.25, 0.3) is 49.7 Å². The van der Waals surface area contributed by atoms with Crippen LogP contribution in [0.3, 0.4) is 0 Å². The number of hydrogen-bond acceptors (Lipinski definition) is 2. The second-order valence-corrected chi connectivity index (χ2v) is 29.1. The maximum absolute atomic E-state index is 3.02. The van der Waals surface area contributed by atoms with Gasteiger partial charge in [-0.1, -0.05) is 266 Å². The number of para-hydroxylation sites is 2. The summed E-state index contributed by atoms with van der Waals surface area (Å²) in [6, 6.07) is 110. The van der Waals surface area contributed by atoms with Crippen LogP contribution in [-0.4, -0.2) is 19.4 Å². The topological polar surface area (TPSA) is 11.4 Å². The third kappa shape index (κ3) is 8.46. The molecule has 13 aromatic rings. The molecule has 2 aliphatic heterocycles.